The minimum absolute atomic E-state index is 0.363. The summed E-state index contributed by atoms with van der Waals surface area (Å²) in [6, 6.07) is 20.0. The van der Waals surface area contributed by atoms with Crippen LogP contribution in [0.15, 0.2) is 73.3 Å². The Bertz CT molecular complexity index is 1010. The van der Waals surface area contributed by atoms with Crippen molar-refractivity contribution in [3.8, 4) is 16.9 Å². The molecule has 3 aromatic rings. The molecule has 0 radical (unpaired) electrons. The van der Waals surface area contributed by atoms with E-state index in [-0.39, 0.29) is 5.97 Å². The van der Waals surface area contributed by atoms with Crippen molar-refractivity contribution in [3.63, 3.8) is 0 Å². The van der Waals surface area contributed by atoms with Crippen molar-refractivity contribution in [2.45, 2.75) is 25.7 Å². The van der Waals surface area contributed by atoms with E-state index in [0.29, 0.717) is 18.8 Å². The van der Waals surface area contributed by atoms with Gasteiger partial charge in [-0.05, 0) is 65.8 Å². The van der Waals surface area contributed by atoms with Crippen LogP contribution in [-0.4, -0.2) is 25.5 Å². The predicted molar refractivity (Wildman–Crippen MR) is 120 cm³/mol. The van der Waals surface area contributed by atoms with Crippen LogP contribution in [0, 0.1) is 0 Å². The van der Waals surface area contributed by atoms with Gasteiger partial charge in [0, 0.05) is 11.6 Å². The fourth-order valence-corrected chi connectivity index (χ4v) is 3.23. The summed E-state index contributed by atoms with van der Waals surface area (Å²) in [5.74, 6) is 0.503. The number of fused-ring (bicyclic) bond motifs is 1. The second kappa shape index (κ2) is 11.0. The van der Waals surface area contributed by atoms with Gasteiger partial charge in [-0.1, -0.05) is 49.0 Å². The lowest BCUT2D eigenvalue weighted by Crippen LogP contribution is -2.02. The molecule has 0 heterocycles. The molecular formula is C26H26O4. The van der Waals surface area contributed by atoms with Gasteiger partial charge < -0.3 is 9.47 Å². The molecule has 0 spiro atoms. The van der Waals surface area contributed by atoms with Gasteiger partial charge in [-0.15, -0.1) is 0 Å². The second-order valence-electron chi connectivity index (χ2n) is 7.10. The highest BCUT2D eigenvalue weighted by atomic mass is 16.5. The summed E-state index contributed by atoms with van der Waals surface area (Å²) in [6.45, 7) is 4.48. The molecule has 0 unspecified atom stereocenters. The van der Waals surface area contributed by atoms with Crippen LogP contribution in [0.1, 0.15) is 36.0 Å². The first-order valence-electron chi connectivity index (χ1n) is 10.2. The molecule has 0 atom stereocenters. The number of benzene rings is 3. The van der Waals surface area contributed by atoms with E-state index in [4.69, 9.17) is 9.47 Å². The summed E-state index contributed by atoms with van der Waals surface area (Å²) in [6.07, 6.45) is 5.89. The molecule has 0 aromatic heterocycles. The van der Waals surface area contributed by atoms with Crippen molar-refractivity contribution in [3.05, 3.63) is 78.9 Å². The molecule has 3 aromatic carbocycles. The Morgan fingerprint density at radius 2 is 1.47 bits per heavy atom. The maximum atomic E-state index is 10.9. The Kier molecular flexibility index (Phi) is 7.78. The molecule has 3 rings (SSSR count). The van der Waals surface area contributed by atoms with Crippen molar-refractivity contribution >= 4 is 23.0 Å². The van der Waals surface area contributed by atoms with Crippen LogP contribution in [0.25, 0.3) is 21.9 Å². The van der Waals surface area contributed by atoms with Crippen molar-refractivity contribution in [1.82, 2.24) is 0 Å². The van der Waals surface area contributed by atoms with Gasteiger partial charge in [0.2, 0.25) is 0 Å². The van der Waals surface area contributed by atoms with Gasteiger partial charge in [0.25, 0.3) is 0 Å². The molecule has 0 bridgehead atoms. The highest BCUT2D eigenvalue weighted by Gasteiger charge is 2.03. The molecule has 0 aliphatic rings. The minimum Gasteiger partial charge on any atom is -0.494 e. The number of esters is 1. The van der Waals surface area contributed by atoms with Crippen molar-refractivity contribution < 1.29 is 19.1 Å². The zero-order valence-corrected chi connectivity index (χ0v) is 17.0. The molecule has 0 fully saturated rings. The first-order chi connectivity index (χ1) is 14.7. The summed E-state index contributed by atoms with van der Waals surface area (Å²) in [7, 11) is 0. The number of rotatable bonds is 11. The normalized spacial score (nSPS) is 10.5. The van der Waals surface area contributed by atoms with E-state index < -0.39 is 0 Å². The van der Waals surface area contributed by atoms with Crippen molar-refractivity contribution in [1.29, 1.82) is 0 Å². The van der Waals surface area contributed by atoms with E-state index in [0.717, 1.165) is 59.6 Å². The predicted octanol–water partition coefficient (Wildman–Crippen LogP) is 5.99. The molecule has 154 valence electrons. The Morgan fingerprint density at radius 3 is 2.20 bits per heavy atom. The standard InChI is InChI=1S/C26H26O4/c1-2-26(28)30-16-6-4-3-5-15-29-25-14-13-23-17-22(11-12-24(23)18-25)21-9-7-20(19-27)8-10-21/h2,7-14,17-19H,1,3-6,15-16H2. The number of unbranched alkanes of at least 4 members (excludes halogenated alkanes) is 3. The average Bonchev–Trinajstić information content (AvgIpc) is 2.80. The summed E-state index contributed by atoms with van der Waals surface area (Å²) in [5, 5.41) is 2.28. The Hall–Kier alpha value is -3.40. The summed E-state index contributed by atoms with van der Waals surface area (Å²) in [5.41, 5.74) is 2.88. The van der Waals surface area contributed by atoms with Crippen LogP contribution >= 0.6 is 0 Å². The Balaban J connectivity index is 1.48. The van der Waals surface area contributed by atoms with Crippen LogP contribution in [0.4, 0.5) is 0 Å². The van der Waals surface area contributed by atoms with Crippen LogP contribution in [0.5, 0.6) is 5.75 Å². The lowest BCUT2D eigenvalue weighted by Gasteiger charge is -2.09. The second-order valence-corrected chi connectivity index (χ2v) is 7.10. The summed E-state index contributed by atoms with van der Waals surface area (Å²) >= 11 is 0. The third-order valence-corrected chi connectivity index (χ3v) is 4.91. The molecule has 0 N–H and O–H groups in total. The largest absolute Gasteiger partial charge is 0.494 e. The number of hydrogen-bond donors (Lipinski definition) is 0. The Labute approximate surface area is 177 Å². The van der Waals surface area contributed by atoms with Gasteiger partial charge >= 0.3 is 5.97 Å². The molecule has 0 saturated heterocycles. The zero-order valence-electron chi connectivity index (χ0n) is 17.0. The SMILES string of the molecule is C=CC(=O)OCCCCCCOc1ccc2cc(-c3ccc(C=O)cc3)ccc2c1. The van der Waals surface area contributed by atoms with E-state index in [1.807, 2.05) is 30.3 Å². The summed E-state index contributed by atoms with van der Waals surface area (Å²) < 4.78 is 10.8. The van der Waals surface area contributed by atoms with Gasteiger partial charge in [0.15, 0.2) is 0 Å². The molecule has 0 amide bonds. The van der Waals surface area contributed by atoms with Gasteiger partial charge in [-0.3, -0.25) is 4.79 Å². The smallest absolute Gasteiger partial charge is 0.330 e. The summed E-state index contributed by atoms with van der Waals surface area (Å²) in [4.78, 5) is 21.8. The van der Waals surface area contributed by atoms with Gasteiger partial charge in [0.05, 0.1) is 13.2 Å². The lowest BCUT2D eigenvalue weighted by atomic mass is 10.0. The highest BCUT2D eigenvalue weighted by Crippen LogP contribution is 2.27. The fourth-order valence-electron chi connectivity index (χ4n) is 3.23. The molecule has 0 saturated carbocycles. The van der Waals surface area contributed by atoms with E-state index in [1.165, 1.54) is 6.08 Å². The van der Waals surface area contributed by atoms with E-state index in [2.05, 4.69) is 36.9 Å². The third kappa shape index (κ3) is 6.05. The van der Waals surface area contributed by atoms with Gasteiger partial charge in [-0.2, -0.15) is 0 Å². The number of ether oxygens (including phenoxy) is 2. The van der Waals surface area contributed by atoms with Crippen LogP contribution in [0.3, 0.4) is 0 Å². The fraction of sp³-hybridized carbons (Fsp3) is 0.231. The molecule has 4 nitrogen and oxygen atoms in total. The van der Waals surface area contributed by atoms with Crippen molar-refractivity contribution in [2.24, 2.45) is 0 Å². The first kappa shape index (κ1) is 21.3. The van der Waals surface area contributed by atoms with E-state index in [9.17, 15) is 9.59 Å². The molecule has 0 aliphatic heterocycles. The molecule has 0 aliphatic carbocycles. The number of carbonyl (C=O) groups excluding carboxylic acids is 2. The Morgan fingerprint density at radius 1 is 0.800 bits per heavy atom. The number of hydrogen-bond acceptors (Lipinski definition) is 4. The number of carbonyl (C=O) groups is 2. The highest BCUT2D eigenvalue weighted by molar-refractivity contribution is 5.88. The van der Waals surface area contributed by atoms with E-state index >= 15 is 0 Å². The topological polar surface area (TPSA) is 52.6 Å². The quantitative estimate of drug-likeness (QED) is 0.171. The lowest BCUT2D eigenvalue weighted by molar-refractivity contribution is -0.137. The molecular weight excluding hydrogens is 376 g/mol. The molecule has 30 heavy (non-hydrogen) atoms. The zero-order chi connectivity index (χ0) is 21.2. The minimum atomic E-state index is -0.363. The number of aldehydes is 1. The first-order valence-corrected chi connectivity index (χ1v) is 10.2. The van der Waals surface area contributed by atoms with Crippen LogP contribution in [0.2, 0.25) is 0 Å². The van der Waals surface area contributed by atoms with E-state index in [1.54, 1.807) is 0 Å². The monoisotopic (exact) mass is 402 g/mol. The third-order valence-electron chi connectivity index (χ3n) is 4.91. The van der Waals surface area contributed by atoms with Gasteiger partial charge in [0.1, 0.15) is 12.0 Å². The molecule has 4 heteroatoms. The van der Waals surface area contributed by atoms with Crippen LogP contribution in [-0.2, 0) is 9.53 Å². The van der Waals surface area contributed by atoms with Gasteiger partial charge in [-0.25, -0.2) is 4.79 Å². The average molecular weight is 402 g/mol. The maximum Gasteiger partial charge on any atom is 0.330 e. The maximum absolute atomic E-state index is 10.9. The van der Waals surface area contributed by atoms with Crippen LogP contribution < -0.4 is 4.74 Å². The van der Waals surface area contributed by atoms with Crippen molar-refractivity contribution in [2.75, 3.05) is 13.2 Å².